The van der Waals surface area contributed by atoms with Gasteiger partial charge in [-0.05, 0) is 97.7 Å². The van der Waals surface area contributed by atoms with Crippen LogP contribution >= 0.6 is 0 Å². The number of allylic oxidation sites excluding steroid dienone is 2. The van der Waals surface area contributed by atoms with Gasteiger partial charge in [-0.15, -0.1) is 0 Å². The third-order valence-electron chi connectivity index (χ3n) is 8.25. The molecule has 2 atom stereocenters. The van der Waals surface area contributed by atoms with Gasteiger partial charge in [0.15, 0.2) is 0 Å². The second-order valence-corrected chi connectivity index (χ2v) is 13.1. The minimum atomic E-state index is 0.359. The summed E-state index contributed by atoms with van der Waals surface area (Å²) >= 11 is 0. The molecule has 3 heteroatoms. The minimum Gasteiger partial charge on any atom is -0.378 e. The van der Waals surface area contributed by atoms with Crippen molar-refractivity contribution < 1.29 is 4.74 Å². The van der Waals surface area contributed by atoms with E-state index in [0.29, 0.717) is 11.5 Å². The van der Waals surface area contributed by atoms with Gasteiger partial charge in [-0.25, -0.2) is 0 Å². The Labute approximate surface area is 238 Å². The van der Waals surface area contributed by atoms with Gasteiger partial charge in [0.05, 0.1) is 6.10 Å². The lowest BCUT2D eigenvalue weighted by atomic mass is 9.95. The number of benzene rings is 2. The van der Waals surface area contributed by atoms with Crippen molar-refractivity contribution in [3.8, 4) is 0 Å². The van der Waals surface area contributed by atoms with Gasteiger partial charge in [-0.1, -0.05) is 82.3 Å². The van der Waals surface area contributed by atoms with E-state index in [-0.39, 0.29) is 0 Å². The molecule has 2 aromatic carbocycles. The summed E-state index contributed by atoms with van der Waals surface area (Å²) in [5, 5.41) is 0. The zero-order chi connectivity index (χ0) is 27.8. The normalized spacial score (nSPS) is 20.0. The lowest BCUT2D eigenvalue weighted by Crippen LogP contribution is -2.37. The van der Waals surface area contributed by atoms with Gasteiger partial charge in [0, 0.05) is 38.5 Å². The van der Waals surface area contributed by atoms with Gasteiger partial charge >= 0.3 is 0 Å². The monoisotopic (exact) mass is 528 g/mol. The first-order valence-electron chi connectivity index (χ1n) is 15.3. The highest BCUT2D eigenvalue weighted by Crippen LogP contribution is 2.27. The Morgan fingerprint density at radius 1 is 1.10 bits per heavy atom. The molecule has 0 aliphatic carbocycles. The summed E-state index contributed by atoms with van der Waals surface area (Å²) in [6.45, 7) is 22.5. The highest BCUT2D eigenvalue weighted by Gasteiger charge is 2.26. The molecular weight excluding hydrogens is 476 g/mol. The summed E-state index contributed by atoms with van der Waals surface area (Å²) in [5.41, 5.74) is 8.12. The van der Waals surface area contributed by atoms with E-state index < -0.39 is 0 Å². The van der Waals surface area contributed by atoms with E-state index in [1.54, 1.807) is 0 Å². The summed E-state index contributed by atoms with van der Waals surface area (Å²) in [6, 6.07) is 16.1. The van der Waals surface area contributed by atoms with Crippen molar-refractivity contribution in [1.29, 1.82) is 0 Å². The molecule has 4 rings (SSSR count). The van der Waals surface area contributed by atoms with E-state index in [4.69, 9.17) is 4.74 Å². The van der Waals surface area contributed by atoms with Crippen LogP contribution in [0.2, 0.25) is 0 Å². The number of ether oxygens (including phenoxy) is 1. The number of anilines is 1. The second-order valence-electron chi connectivity index (χ2n) is 13.1. The Hall–Kier alpha value is -2.36. The van der Waals surface area contributed by atoms with Gasteiger partial charge in [0.25, 0.3) is 0 Å². The van der Waals surface area contributed by atoms with E-state index in [2.05, 4.69) is 106 Å². The largest absolute Gasteiger partial charge is 0.378 e. The maximum atomic E-state index is 5.83. The van der Waals surface area contributed by atoms with Crippen molar-refractivity contribution in [1.82, 2.24) is 4.90 Å². The van der Waals surface area contributed by atoms with Crippen LogP contribution in [0.1, 0.15) is 82.6 Å². The summed E-state index contributed by atoms with van der Waals surface area (Å²) in [4.78, 5) is 5.22. The van der Waals surface area contributed by atoms with Crippen LogP contribution in [0.3, 0.4) is 0 Å². The molecular formula is C36H52N2O. The van der Waals surface area contributed by atoms with Crippen LogP contribution in [0.5, 0.6) is 0 Å². The van der Waals surface area contributed by atoms with Crippen LogP contribution in [0, 0.1) is 11.3 Å². The Morgan fingerprint density at radius 2 is 1.87 bits per heavy atom. The fraction of sp³-hybridized carbons (Fsp3) is 0.556. The third-order valence-corrected chi connectivity index (χ3v) is 8.25. The summed E-state index contributed by atoms with van der Waals surface area (Å²) in [6.07, 6.45) is 11.9. The number of nitrogens with zero attached hydrogens (tertiary/aromatic N) is 2. The van der Waals surface area contributed by atoms with Crippen LogP contribution in [-0.2, 0) is 17.6 Å². The van der Waals surface area contributed by atoms with E-state index >= 15 is 0 Å². The Balaban J connectivity index is 1.31. The molecule has 0 N–H and O–H groups in total. The van der Waals surface area contributed by atoms with E-state index in [1.165, 1.54) is 73.4 Å². The van der Waals surface area contributed by atoms with Crippen molar-refractivity contribution in [2.45, 2.75) is 79.2 Å². The molecule has 0 saturated carbocycles. The second kappa shape index (κ2) is 13.8. The maximum Gasteiger partial charge on any atom is 0.0579 e. The number of hydrogen-bond donors (Lipinski definition) is 0. The fourth-order valence-corrected chi connectivity index (χ4v) is 6.22. The molecule has 0 bridgehead atoms. The predicted molar refractivity (Wildman–Crippen MR) is 170 cm³/mol. The fourth-order valence-electron chi connectivity index (χ4n) is 6.22. The van der Waals surface area contributed by atoms with E-state index in [0.717, 1.165) is 43.9 Å². The van der Waals surface area contributed by atoms with Gasteiger partial charge in [-0.2, -0.15) is 0 Å². The number of rotatable bonds is 12. The highest BCUT2D eigenvalue weighted by molar-refractivity contribution is 5.72. The maximum absolute atomic E-state index is 5.83. The number of aryl methyl sites for hydroxylation is 1. The minimum absolute atomic E-state index is 0.359. The van der Waals surface area contributed by atoms with Gasteiger partial charge in [0.2, 0.25) is 0 Å². The molecule has 2 saturated heterocycles. The van der Waals surface area contributed by atoms with Crippen molar-refractivity contribution >= 4 is 17.3 Å². The molecule has 2 aliphatic heterocycles. The summed E-state index contributed by atoms with van der Waals surface area (Å²) in [5.74, 6) is 0.763. The molecule has 3 nitrogen and oxygen atoms in total. The first-order chi connectivity index (χ1) is 18.7. The van der Waals surface area contributed by atoms with Crippen LogP contribution in [0.4, 0.5) is 5.69 Å². The van der Waals surface area contributed by atoms with Crippen molar-refractivity contribution in [2.75, 3.05) is 44.2 Å². The van der Waals surface area contributed by atoms with Crippen LogP contribution in [0.25, 0.3) is 11.6 Å². The van der Waals surface area contributed by atoms with Crippen LogP contribution in [0.15, 0.2) is 55.1 Å². The lowest BCUT2D eigenvalue weighted by molar-refractivity contribution is 0.104. The predicted octanol–water partition coefficient (Wildman–Crippen LogP) is 8.28. The molecule has 2 aromatic rings. The molecule has 212 valence electrons. The Morgan fingerprint density at radius 3 is 2.54 bits per heavy atom. The molecule has 0 spiro atoms. The average molecular weight is 529 g/mol. The van der Waals surface area contributed by atoms with Crippen molar-refractivity contribution in [3.63, 3.8) is 0 Å². The molecule has 2 aliphatic rings. The quantitative estimate of drug-likeness (QED) is 0.276. The highest BCUT2D eigenvalue weighted by atomic mass is 16.5. The first kappa shape index (κ1) is 29.6. The summed E-state index contributed by atoms with van der Waals surface area (Å²) < 4.78 is 5.83. The van der Waals surface area contributed by atoms with Gasteiger partial charge in [-0.3, -0.25) is 0 Å². The Bertz CT molecular complexity index is 1090. The lowest BCUT2D eigenvalue weighted by Gasteiger charge is -2.31. The molecule has 0 radical (unpaired) electrons. The number of hydrogen-bond acceptors (Lipinski definition) is 3. The Kier molecular flexibility index (Phi) is 10.5. The average Bonchev–Trinajstić information content (AvgIpc) is 3.59. The topological polar surface area (TPSA) is 15.7 Å². The standard InChI is InChI=1S/C36H52N2O/c1-7-37(27-36(4,5)6)25-31-21-22-38(26-31)33-17-13-29(14-18-33)10-8-11-32-24-30(16-20-35(32)28(2)3)15-19-34-12-9-23-39-34/h8,11,13-14,16-18,20,24,31,34H,2,7,9-10,12,15,19,21-23,25-27H2,1,3-6H3/b11-8-. The van der Waals surface area contributed by atoms with E-state index in [9.17, 15) is 0 Å². The molecule has 0 aromatic heterocycles. The zero-order valence-electron chi connectivity index (χ0n) is 25.3. The van der Waals surface area contributed by atoms with E-state index in [1.807, 2.05) is 0 Å². The SMILES string of the molecule is C=C(C)c1ccc(CCC2CCCO2)cc1/C=C\Cc1ccc(N2CCC(CN(CC)CC(C)(C)C)C2)cc1. The smallest absolute Gasteiger partial charge is 0.0579 e. The molecule has 2 fully saturated rings. The van der Waals surface area contributed by atoms with Crippen molar-refractivity contribution in [3.05, 3.63) is 77.4 Å². The van der Waals surface area contributed by atoms with Crippen LogP contribution in [-0.4, -0.2) is 50.3 Å². The zero-order valence-corrected chi connectivity index (χ0v) is 25.3. The molecule has 39 heavy (non-hydrogen) atoms. The van der Waals surface area contributed by atoms with Crippen LogP contribution < -0.4 is 4.90 Å². The molecule has 2 heterocycles. The summed E-state index contributed by atoms with van der Waals surface area (Å²) in [7, 11) is 0. The van der Waals surface area contributed by atoms with Crippen molar-refractivity contribution in [2.24, 2.45) is 11.3 Å². The van der Waals surface area contributed by atoms with Gasteiger partial charge in [0.1, 0.15) is 0 Å². The third kappa shape index (κ3) is 9.08. The molecule has 0 amide bonds. The molecule has 2 unspecified atom stereocenters. The van der Waals surface area contributed by atoms with Gasteiger partial charge < -0.3 is 14.5 Å². The first-order valence-corrected chi connectivity index (χ1v) is 15.3.